The molecule has 3 aliphatic rings. The molecule has 1 fully saturated rings. The largest absolute Gasteiger partial charge is 0.298 e. The first-order chi connectivity index (χ1) is 7.79. The van der Waals surface area contributed by atoms with E-state index in [-0.39, 0.29) is 34.7 Å². The zero-order chi connectivity index (χ0) is 12.6. The molecule has 4 bridgehead atoms. The summed E-state index contributed by atoms with van der Waals surface area (Å²) in [5.41, 5.74) is 0.337. The Kier molecular flexibility index (Phi) is 1.80. The molecule has 0 saturated heterocycles. The third kappa shape index (κ3) is 1.07. The molecule has 0 heterocycles. The average molecular weight is 230 g/mol. The Morgan fingerprint density at radius 2 is 1.76 bits per heavy atom. The zero-order valence-electron chi connectivity index (χ0n) is 10.8. The van der Waals surface area contributed by atoms with Crippen LogP contribution in [0.1, 0.15) is 27.7 Å². The number of hydrogen-bond donors (Lipinski definition) is 0. The van der Waals surface area contributed by atoms with Crippen LogP contribution in [0.15, 0.2) is 23.8 Å². The molecule has 17 heavy (non-hydrogen) atoms. The number of rotatable bonds is 0. The van der Waals surface area contributed by atoms with Gasteiger partial charge in [-0.25, -0.2) is 0 Å². The Hall–Kier alpha value is -1.18. The minimum Gasteiger partial charge on any atom is -0.298 e. The average Bonchev–Trinajstić information content (AvgIpc) is 2.38. The smallest absolute Gasteiger partial charge is 0.160 e. The molecule has 0 N–H and O–H groups in total. The van der Waals surface area contributed by atoms with Gasteiger partial charge in [0.05, 0.1) is 5.41 Å². The minimum atomic E-state index is -0.559. The van der Waals surface area contributed by atoms with Gasteiger partial charge >= 0.3 is 0 Å². The second-order valence-electron chi connectivity index (χ2n) is 6.57. The first-order valence-corrected chi connectivity index (χ1v) is 6.26. The number of ketones is 2. The lowest BCUT2D eigenvalue weighted by atomic mass is 9.59. The van der Waals surface area contributed by atoms with Crippen molar-refractivity contribution in [1.29, 1.82) is 0 Å². The standard InChI is InChI=1S/C15H18O2/c1-8-7-9(16)11-12-10(8)13(17)15(11,4)6-5-14(12,2)3/h5-7,10-12H,1-4H3. The van der Waals surface area contributed by atoms with Crippen LogP contribution >= 0.6 is 0 Å². The molecule has 4 unspecified atom stereocenters. The van der Waals surface area contributed by atoms with E-state index in [1.165, 1.54) is 0 Å². The monoisotopic (exact) mass is 230 g/mol. The molecule has 4 atom stereocenters. The van der Waals surface area contributed by atoms with Crippen molar-refractivity contribution in [2.45, 2.75) is 27.7 Å². The zero-order valence-corrected chi connectivity index (χ0v) is 10.8. The summed E-state index contributed by atoms with van der Waals surface area (Å²) < 4.78 is 0. The van der Waals surface area contributed by atoms with Gasteiger partial charge in [0, 0.05) is 11.8 Å². The van der Waals surface area contributed by atoms with Crippen molar-refractivity contribution >= 4 is 11.6 Å². The molecule has 0 radical (unpaired) electrons. The van der Waals surface area contributed by atoms with Crippen molar-refractivity contribution in [2.24, 2.45) is 28.6 Å². The van der Waals surface area contributed by atoms with E-state index < -0.39 is 5.41 Å². The van der Waals surface area contributed by atoms with Gasteiger partial charge in [-0.15, -0.1) is 0 Å². The van der Waals surface area contributed by atoms with Crippen LogP contribution in [0.3, 0.4) is 0 Å². The Labute approximate surface area is 102 Å². The van der Waals surface area contributed by atoms with Gasteiger partial charge in [-0.05, 0) is 31.3 Å². The lowest BCUT2D eigenvalue weighted by molar-refractivity contribution is -0.129. The molecular weight excluding hydrogens is 212 g/mol. The van der Waals surface area contributed by atoms with E-state index in [1.807, 2.05) is 19.9 Å². The summed E-state index contributed by atoms with van der Waals surface area (Å²) in [5.74, 6) is 0.363. The van der Waals surface area contributed by atoms with Gasteiger partial charge in [0.2, 0.25) is 0 Å². The number of allylic oxidation sites excluding steroid dienone is 4. The summed E-state index contributed by atoms with van der Waals surface area (Å²) in [6, 6.07) is 0. The third-order valence-corrected chi connectivity index (χ3v) is 5.06. The van der Waals surface area contributed by atoms with Crippen LogP contribution in [0.4, 0.5) is 0 Å². The van der Waals surface area contributed by atoms with Crippen molar-refractivity contribution < 1.29 is 9.59 Å². The number of carbonyl (C=O) groups excluding carboxylic acids is 2. The van der Waals surface area contributed by atoms with E-state index >= 15 is 0 Å². The minimum absolute atomic E-state index is 0.0484. The van der Waals surface area contributed by atoms with E-state index in [9.17, 15) is 9.59 Å². The summed E-state index contributed by atoms with van der Waals surface area (Å²) in [4.78, 5) is 24.8. The van der Waals surface area contributed by atoms with Gasteiger partial charge in [-0.1, -0.05) is 31.6 Å². The Bertz CT molecular complexity index is 495. The summed E-state index contributed by atoms with van der Waals surface area (Å²) in [6.07, 6.45) is 5.82. The summed E-state index contributed by atoms with van der Waals surface area (Å²) in [6.45, 7) is 8.14. The maximum Gasteiger partial charge on any atom is 0.160 e. The number of Topliss-reactive ketones (excluding diaryl/α,β-unsaturated/α-hetero) is 1. The lowest BCUT2D eigenvalue weighted by Crippen LogP contribution is -2.43. The van der Waals surface area contributed by atoms with Gasteiger partial charge in [0.15, 0.2) is 11.6 Å². The van der Waals surface area contributed by atoms with Crippen LogP contribution in [0.2, 0.25) is 0 Å². The van der Waals surface area contributed by atoms with Crippen LogP contribution in [0.5, 0.6) is 0 Å². The molecule has 0 amide bonds. The van der Waals surface area contributed by atoms with Gasteiger partial charge in [-0.2, -0.15) is 0 Å². The van der Waals surface area contributed by atoms with Crippen LogP contribution in [0, 0.1) is 28.6 Å². The van der Waals surface area contributed by atoms with Crippen molar-refractivity contribution in [3.05, 3.63) is 23.8 Å². The fraction of sp³-hybridized carbons (Fsp3) is 0.600. The number of hydrogen-bond acceptors (Lipinski definition) is 2. The lowest BCUT2D eigenvalue weighted by Gasteiger charge is -2.43. The van der Waals surface area contributed by atoms with E-state index in [0.29, 0.717) is 0 Å². The van der Waals surface area contributed by atoms with Gasteiger partial charge in [-0.3, -0.25) is 9.59 Å². The Morgan fingerprint density at radius 1 is 1.12 bits per heavy atom. The number of carbonyl (C=O) groups is 2. The molecule has 3 rings (SSSR count). The summed E-state index contributed by atoms with van der Waals surface area (Å²) >= 11 is 0. The molecule has 90 valence electrons. The molecule has 0 aromatic rings. The van der Waals surface area contributed by atoms with Crippen molar-refractivity contribution in [3.63, 3.8) is 0 Å². The molecule has 0 aliphatic heterocycles. The highest BCUT2D eigenvalue weighted by molar-refractivity contribution is 6.08. The molecule has 2 nitrogen and oxygen atoms in total. The predicted octanol–water partition coefficient (Wildman–Crippen LogP) is 2.55. The van der Waals surface area contributed by atoms with Gasteiger partial charge in [0.25, 0.3) is 0 Å². The van der Waals surface area contributed by atoms with Crippen LogP contribution in [-0.4, -0.2) is 11.6 Å². The fourth-order valence-corrected chi connectivity index (χ4v) is 4.13. The topological polar surface area (TPSA) is 34.1 Å². The highest BCUT2D eigenvalue weighted by Crippen LogP contribution is 2.62. The normalized spacial score (nSPS) is 46.1. The van der Waals surface area contributed by atoms with Gasteiger partial charge in [0.1, 0.15) is 0 Å². The molecular formula is C15H18O2. The molecule has 2 heteroatoms. The third-order valence-electron chi connectivity index (χ3n) is 5.06. The van der Waals surface area contributed by atoms with E-state index in [2.05, 4.69) is 19.9 Å². The Balaban J connectivity index is 2.29. The van der Waals surface area contributed by atoms with E-state index in [1.54, 1.807) is 6.08 Å². The van der Waals surface area contributed by atoms with E-state index in [4.69, 9.17) is 0 Å². The molecule has 0 spiro atoms. The second-order valence-corrected chi connectivity index (χ2v) is 6.57. The fourth-order valence-electron chi connectivity index (χ4n) is 4.13. The predicted molar refractivity (Wildman–Crippen MR) is 65.3 cm³/mol. The first-order valence-electron chi connectivity index (χ1n) is 6.26. The van der Waals surface area contributed by atoms with Crippen molar-refractivity contribution in [3.8, 4) is 0 Å². The van der Waals surface area contributed by atoms with Crippen molar-refractivity contribution in [2.75, 3.05) is 0 Å². The van der Waals surface area contributed by atoms with Crippen LogP contribution in [-0.2, 0) is 9.59 Å². The summed E-state index contributed by atoms with van der Waals surface area (Å²) in [5, 5.41) is 0. The molecule has 0 aromatic heterocycles. The molecule has 3 aliphatic carbocycles. The maximum atomic E-state index is 12.6. The molecule has 1 saturated carbocycles. The quantitative estimate of drug-likeness (QED) is 0.599. The summed E-state index contributed by atoms with van der Waals surface area (Å²) in [7, 11) is 0. The van der Waals surface area contributed by atoms with Crippen LogP contribution < -0.4 is 0 Å². The van der Waals surface area contributed by atoms with Gasteiger partial charge < -0.3 is 0 Å². The Morgan fingerprint density at radius 3 is 2.41 bits per heavy atom. The highest BCUT2D eigenvalue weighted by atomic mass is 16.1. The molecule has 0 aromatic carbocycles. The SMILES string of the molecule is CC1=CC(=O)C2C3C1C(=O)C2(C)C=CC3(C)C. The van der Waals surface area contributed by atoms with Crippen LogP contribution in [0.25, 0.3) is 0 Å². The maximum absolute atomic E-state index is 12.6. The first kappa shape index (κ1) is 10.9. The second kappa shape index (κ2) is 2.80. The van der Waals surface area contributed by atoms with E-state index in [0.717, 1.165) is 5.57 Å². The highest BCUT2D eigenvalue weighted by Gasteiger charge is 2.65. The van der Waals surface area contributed by atoms with Crippen molar-refractivity contribution in [1.82, 2.24) is 0 Å².